The van der Waals surface area contributed by atoms with Crippen LogP contribution in [0.15, 0.2) is 12.1 Å². The van der Waals surface area contributed by atoms with Crippen molar-refractivity contribution in [3.8, 4) is 0 Å². The van der Waals surface area contributed by atoms with Crippen LogP contribution in [0.1, 0.15) is 36.5 Å². The van der Waals surface area contributed by atoms with E-state index in [2.05, 4.69) is 31.0 Å². The molecule has 1 aliphatic heterocycles. The smallest absolute Gasteiger partial charge is 0.0320 e. The molecule has 86 valence electrons. The lowest BCUT2D eigenvalue weighted by atomic mass is 9.67. The van der Waals surface area contributed by atoms with Crippen LogP contribution < -0.4 is 5.73 Å². The van der Waals surface area contributed by atoms with Crippen molar-refractivity contribution in [3.63, 3.8) is 0 Å². The molecule has 1 aromatic carbocycles. The summed E-state index contributed by atoms with van der Waals surface area (Å²) >= 11 is 0. The Hall–Kier alpha value is -1.02. The number of likely N-dealkylation sites (N-methyl/N-ethyl adjacent to an activating group) is 1. The summed E-state index contributed by atoms with van der Waals surface area (Å²) in [6.45, 7) is 4.67. The zero-order valence-electron chi connectivity index (χ0n) is 10.2. The van der Waals surface area contributed by atoms with Crippen molar-refractivity contribution in [2.75, 3.05) is 19.3 Å². The molecule has 0 radical (unpaired) electrons. The predicted octanol–water partition coefficient (Wildman–Crippen LogP) is 2.31. The average molecular weight is 216 g/mol. The Morgan fingerprint density at radius 2 is 2.06 bits per heavy atom. The topological polar surface area (TPSA) is 29.3 Å². The average Bonchev–Trinajstić information content (AvgIpc) is 2.14. The van der Waals surface area contributed by atoms with E-state index in [0.29, 0.717) is 5.41 Å². The summed E-state index contributed by atoms with van der Waals surface area (Å²) in [5.74, 6) is 0. The quantitative estimate of drug-likeness (QED) is 0.674. The van der Waals surface area contributed by atoms with Gasteiger partial charge < -0.3 is 10.6 Å². The molecule has 1 aliphatic carbocycles. The van der Waals surface area contributed by atoms with Crippen molar-refractivity contribution in [3.05, 3.63) is 28.8 Å². The van der Waals surface area contributed by atoms with Crippen LogP contribution >= 0.6 is 0 Å². The largest absolute Gasteiger partial charge is 0.399 e. The molecule has 2 nitrogen and oxygen atoms in total. The van der Waals surface area contributed by atoms with Gasteiger partial charge >= 0.3 is 0 Å². The lowest BCUT2D eigenvalue weighted by Gasteiger charge is -2.44. The minimum atomic E-state index is 0.365. The summed E-state index contributed by atoms with van der Waals surface area (Å²) in [5.41, 5.74) is 11.9. The maximum Gasteiger partial charge on any atom is 0.0320 e. The number of benzene rings is 1. The minimum absolute atomic E-state index is 0.365. The van der Waals surface area contributed by atoms with Crippen molar-refractivity contribution >= 4 is 5.69 Å². The molecule has 2 N–H and O–H groups in total. The highest BCUT2D eigenvalue weighted by Crippen LogP contribution is 2.43. The Bertz CT molecular complexity index is 439. The van der Waals surface area contributed by atoms with E-state index in [1.807, 2.05) is 0 Å². The molecule has 1 aromatic rings. The molecule has 0 spiro atoms. The lowest BCUT2D eigenvalue weighted by Crippen LogP contribution is -2.44. The Morgan fingerprint density at radius 3 is 2.88 bits per heavy atom. The van der Waals surface area contributed by atoms with Crippen LogP contribution in [0.3, 0.4) is 0 Å². The van der Waals surface area contributed by atoms with Crippen molar-refractivity contribution in [1.29, 1.82) is 0 Å². The molecule has 3 rings (SSSR count). The fraction of sp³-hybridized carbons (Fsp3) is 0.571. The zero-order valence-corrected chi connectivity index (χ0v) is 10.2. The number of rotatable bonds is 0. The summed E-state index contributed by atoms with van der Waals surface area (Å²) in [6, 6.07) is 4.37. The molecule has 0 bridgehead atoms. The van der Waals surface area contributed by atoms with Crippen LogP contribution in [-0.4, -0.2) is 18.5 Å². The second kappa shape index (κ2) is 3.24. The lowest BCUT2D eigenvalue weighted by molar-refractivity contribution is 0.203. The van der Waals surface area contributed by atoms with Gasteiger partial charge in [-0.25, -0.2) is 0 Å². The van der Waals surface area contributed by atoms with Gasteiger partial charge in [-0.05, 0) is 55.1 Å². The Balaban J connectivity index is 2.23. The first-order valence-corrected chi connectivity index (χ1v) is 6.19. The predicted molar refractivity (Wildman–Crippen MR) is 67.5 cm³/mol. The first-order valence-electron chi connectivity index (χ1n) is 6.19. The Morgan fingerprint density at radius 1 is 1.31 bits per heavy atom. The Kier molecular flexibility index (Phi) is 2.05. The van der Waals surface area contributed by atoms with Gasteiger partial charge in [-0.15, -0.1) is 0 Å². The number of aryl methyl sites for hydroxylation is 1. The van der Waals surface area contributed by atoms with Crippen molar-refractivity contribution in [2.24, 2.45) is 0 Å². The van der Waals surface area contributed by atoms with Gasteiger partial charge in [-0.2, -0.15) is 0 Å². The van der Waals surface area contributed by atoms with Crippen molar-refractivity contribution in [1.82, 2.24) is 4.90 Å². The highest BCUT2D eigenvalue weighted by molar-refractivity contribution is 5.54. The molecule has 0 saturated heterocycles. The number of hydrogen-bond acceptors (Lipinski definition) is 2. The molecule has 1 atom stereocenters. The van der Waals surface area contributed by atoms with Gasteiger partial charge in [-0.1, -0.05) is 6.92 Å². The summed E-state index contributed by atoms with van der Waals surface area (Å²) in [4.78, 5) is 2.43. The fourth-order valence-electron chi connectivity index (χ4n) is 3.79. The number of nitrogen functional groups attached to an aromatic ring is 1. The van der Waals surface area contributed by atoms with Crippen LogP contribution in [0.2, 0.25) is 0 Å². The Labute approximate surface area is 97.4 Å². The van der Waals surface area contributed by atoms with Gasteiger partial charge in [0, 0.05) is 24.2 Å². The maximum atomic E-state index is 6.00. The number of anilines is 1. The molecule has 0 unspecified atom stereocenters. The number of nitrogens with zero attached hydrogens (tertiary/aromatic N) is 1. The van der Waals surface area contributed by atoms with Crippen LogP contribution in [-0.2, 0) is 18.4 Å². The van der Waals surface area contributed by atoms with E-state index in [1.54, 1.807) is 5.56 Å². The summed E-state index contributed by atoms with van der Waals surface area (Å²) < 4.78 is 0. The first kappa shape index (κ1) is 10.2. The van der Waals surface area contributed by atoms with E-state index < -0.39 is 0 Å². The molecule has 0 saturated carbocycles. The van der Waals surface area contributed by atoms with E-state index >= 15 is 0 Å². The second-order valence-electron chi connectivity index (χ2n) is 5.80. The third-order valence-electron chi connectivity index (χ3n) is 4.16. The van der Waals surface area contributed by atoms with E-state index in [4.69, 9.17) is 5.73 Å². The van der Waals surface area contributed by atoms with Crippen LogP contribution in [0.4, 0.5) is 5.69 Å². The van der Waals surface area contributed by atoms with Crippen molar-refractivity contribution in [2.45, 2.75) is 38.1 Å². The molecule has 0 fully saturated rings. The minimum Gasteiger partial charge on any atom is -0.399 e. The van der Waals surface area contributed by atoms with Crippen LogP contribution in [0.25, 0.3) is 0 Å². The van der Waals surface area contributed by atoms with Gasteiger partial charge in [0.05, 0.1) is 0 Å². The van der Waals surface area contributed by atoms with Gasteiger partial charge in [-0.3, -0.25) is 0 Å². The summed E-state index contributed by atoms with van der Waals surface area (Å²) in [7, 11) is 2.21. The summed E-state index contributed by atoms with van der Waals surface area (Å²) in [5, 5.41) is 0. The second-order valence-corrected chi connectivity index (χ2v) is 5.80. The third kappa shape index (κ3) is 1.36. The molecule has 16 heavy (non-hydrogen) atoms. The molecule has 0 amide bonds. The van der Waals surface area contributed by atoms with Gasteiger partial charge in [0.15, 0.2) is 0 Å². The molecule has 1 heterocycles. The fourth-order valence-corrected chi connectivity index (χ4v) is 3.79. The molecular formula is C14H20N2. The first-order chi connectivity index (χ1) is 7.58. The van der Waals surface area contributed by atoms with Crippen LogP contribution in [0.5, 0.6) is 0 Å². The third-order valence-corrected chi connectivity index (χ3v) is 4.16. The standard InChI is InChI=1S/C14H20N2/c1-14-5-3-4-10-6-12(15)7-11(13(10)14)8-16(2)9-14/h6-7H,3-5,8-9,15H2,1-2H3/t14-/m1/s1. The molecule has 2 aliphatic rings. The SMILES string of the molecule is CN1Cc2cc(N)cc3c2[C@](C)(CCC3)C1. The van der Waals surface area contributed by atoms with Gasteiger partial charge in [0.1, 0.15) is 0 Å². The summed E-state index contributed by atoms with van der Waals surface area (Å²) in [6.07, 6.45) is 3.84. The maximum absolute atomic E-state index is 6.00. The highest BCUT2D eigenvalue weighted by atomic mass is 15.1. The van der Waals surface area contributed by atoms with E-state index in [0.717, 1.165) is 12.2 Å². The van der Waals surface area contributed by atoms with Gasteiger partial charge in [0.2, 0.25) is 0 Å². The van der Waals surface area contributed by atoms with E-state index in [1.165, 1.54) is 36.9 Å². The highest BCUT2D eigenvalue weighted by Gasteiger charge is 2.38. The zero-order chi connectivity index (χ0) is 11.3. The van der Waals surface area contributed by atoms with Crippen molar-refractivity contribution < 1.29 is 0 Å². The van der Waals surface area contributed by atoms with E-state index in [-0.39, 0.29) is 0 Å². The molecule has 0 aromatic heterocycles. The van der Waals surface area contributed by atoms with Gasteiger partial charge in [0.25, 0.3) is 0 Å². The van der Waals surface area contributed by atoms with Crippen LogP contribution in [0, 0.1) is 0 Å². The number of hydrogen-bond donors (Lipinski definition) is 1. The van der Waals surface area contributed by atoms with E-state index in [9.17, 15) is 0 Å². The monoisotopic (exact) mass is 216 g/mol. The molecule has 2 heteroatoms. The molecular weight excluding hydrogens is 196 g/mol. The number of nitrogens with two attached hydrogens (primary N) is 1. The normalized spacial score (nSPS) is 28.9.